The van der Waals surface area contributed by atoms with Crippen molar-refractivity contribution in [3.63, 3.8) is 0 Å². The van der Waals surface area contributed by atoms with E-state index in [0.717, 1.165) is 35.7 Å². The second-order valence-electron chi connectivity index (χ2n) is 5.37. The number of sulfonamides is 1. The number of benzene rings is 1. The molecule has 0 radical (unpaired) electrons. The predicted octanol–water partition coefficient (Wildman–Crippen LogP) is 2.59. The van der Waals surface area contributed by atoms with Crippen LogP contribution in [-0.4, -0.2) is 26.2 Å². The molecule has 0 aromatic heterocycles. The molecular weight excluding hydrogens is 342 g/mol. The minimum Gasteiger partial charge on any atom is -0.396 e. The first-order valence-corrected chi connectivity index (χ1v) is 9.11. The maximum atomic E-state index is 12.4. The zero-order valence-corrected chi connectivity index (χ0v) is 13.9. The van der Waals surface area contributed by atoms with E-state index in [2.05, 4.69) is 20.7 Å². The smallest absolute Gasteiger partial charge is 0.240 e. The first-order valence-electron chi connectivity index (χ1n) is 6.83. The van der Waals surface area contributed by atoms with Gasteiger partial charge in [-0.15, -0.1) is 0 Å². The van der Waals surface area contributed by atoms with Gasteiger partial charge in [0.25, 0.3) is 0 Å². The van der Waals surface area contributed by atoms with Crippen LogP contribution in [0, 0.1) is 12.8 Å². The first-order chi connectivity index (χ1) is 9.44. The standard InChI is InChI=1S/C14H20BrNO3S/c1-10-8-12(6-7-13(10)15)20(18,19)16-14-5-3-2-4-11(14)9-17/h6-8,11,14,16-17H,2-5,9H2,1H3. The lowest BCUT2D eigenvalue weighted by Gasteiger charge is -2.30. The van der Waals surface area contributed by atoms with Gasteiger partial charge >= 0.3 is 0 Å². The van der Waals surface area contributed by atoms with Crippen LogP contribution in [0.2, 0.25) is 0 Å². The Morgan fingerprint density at radius 3 is 2.70 bits per heavy atom. The number of aliphatic hydroxyl groups is 1. The van der Waals surface area contributed by atoms with E-state index >= 15 is 0 Å². The molecule has 112 valence electrons. The van der Waals surface area contributed by atoms with Gasteiger partial charge in [0.2, 0.25) is 10.0 Å². The molecule has 4 nitrogen and oxygen atoms in total. The number of hydrogen-bond acceptors (Lipinski definition) is 3. The van der Waals surface area contributed by atoms with Crippen molar-refractivity contribution in [2.45, 2.75) is 43.5 Å². The molecule has 2 rings (SSSR count). The van der Waals surface area contributed by atoms with Crippen molar-refractivity contribution in [2.75, 3.05) is 6.61 Å². The summed E-state index contributed by atoms with van der Waals surface area (Å²) in [6.07, 6.45) is 3.73. The molecule has 2 N–H and O–H groups in total. The molecule has 1 aliphatic carbocycles. The number of nitrogens with one attached hydrogen (secondary N) is 1. The molecule has 0 bridgehead atoms. The zero-order valence-electron chi connectivity index (χ0n) is 11.5. The van der Waals surface area contributed by atoms with Crippen molar-refractivity contribution in [3.05, 3.63) is 28.2 Å². The fourth-order valence-corrected chi connectivity index (χ4v) is 4.30. The second-order valence-corrected chi connectivity index (χ2v) is 7.93. The molecule has 1 saturated carbocycles. The maximum Gasteiger partial charge on any atom is 0.240 e. The summed E-state index contributed by atoms with van der Waals surface area (Å²) in [7, 11) is -3.52. The van der Waals surface area contributed by atoms with Crippen LogP contribution in [0.4, 0.5) is 0 Å². The third-order valence-corrected chi connectivity index (χ3v) is 6.27. The quantitative estimate of drug-likeness (QED) is 0.865. The maximum absolute atomic E-state index is 12.4. The van der Waals surface area contributed by atoms with Gasteiger partial charge in [-0.2, -0.15) is 0 Å². The lowest BCUT2D eigenvalue weighted by atomic mass is 9.86. The largest absolute Gasteiger partial charge is 0.396 e. The summed E-state index contributed by atoms with van der Waals surface area (Å²) in [6.45, 7) is 1.90. The predicted molar refractivity (Wildman–Crippen MR) is 82.0 cm³/mol. The van der Waals surface area contributed by atoms with Gasteiger partial charge < -0.3 is 5.11 Å². The summed E-state index contributed by atoms with van der Waals surface area (Å²) in [5, 5.41) is 9.37. The Bertz CT molecular complexity index is 574. The fraction of sp³-hybridized carbons (Fsp3) is 0.571. The van der Waals surface area contributed by atoms with Crippen LogP contribution < -0.4 is 4.72 Å². The van der Waals surface area contributed by atoms with E-state index in [-0.39, 0.29) is 23.5 Å². The van der Waals surface area contributed by atoms with Crippen LogP contribution in [0.1, 0.15) is 31.2 Å². The second kappa shape index (κ2) is 6.56. The average molecular weight is 362 g/mol. The summed E-state index contributed by atoms with van der Waals surface area (Å²) >= 11 is 3.37. The monoisotopic (exact) mass is 361 g/mol. The molecule has 20 heavy (non-hydrogen) atoms. The minimum absolute atomic E-state index is 0.0232. The lowest BCUT2D eigenvalue weighted by molar-refractivity contribution is 0.164. The van der Waals surface area contributed by atoms with Crippen molar-refractivity contribution >= 4 is 26.0 Å². The first kappa shape index (κ1) is 15.9. The molecule has 0 heterocycles. The third-order valence-electron chi connectivity index (χ3n) is 3.89. The van der Waals surface area contributed by atoms with Gasteiger partial charge in [-0.05, 0) is 49.4 Å². The van der Waals surface area contributed by atoms with Crippen LogP contribution in [0.3, 0.4) is 0 Å². The van der Waals surface area contributed by atoms with Gasteiger partial charge in [0.15, 0.2) is 0 Å². The molecule has 0 amide bonds. The lowest BCUT2D eigenvalue weighted by Crippen LogP contribution is -2.43. The molecule has 1 fully saturated rings. The van der Waals surface area contributed by atoms with Crippen LogP contribution >= 0.6 is 15.9 Å². The molecule has 2 unspecified atom stereocenters. The Kier molecular flexibility index (Phi) is 5.23. The number of halogens is 1. The minimum atomic E-state index is -3.52. The van der Waals surface area contributed by atoms with Gasteiger partial charge in [-0.25, -0.2) is 13.1 Å². The van der Waals surface area contributed by atoms with E-state index in [0.29, 0.717) is 0 Å². The van der Waals surface area contributed by atoms with Crippen molar-refractivity contribution in [3.8, 4) is 0 Å². The molecular formula is C14H20BrNO3S. The van der Waals surface area contributed by atoms with Gasteiger partial charge in [-0.3, -0.25) is 0 Å². The highest BCUT2D eigenvalue weighted by molar-refractivity contribution is 9.10. The molecule has 0 saturated heterocycles. The van der Waals surface area contributed by atoms with Crippen LogP contribution in [-0.2, 0) is 10.0 Å². The van der Waals surface area contributed by atoms with E-state index in [9.17, 15) is 13.5 Å². The number of rotatable bonds is 4. The molecule has 2 atom stereocenters. The summed E-state index contributed by atoms with van der Waals surface area (Å²) < 4.78 is 28.5. The average Bonchev–Trinajstić information content (AvgIpc) is 2.42. The zero-order chi connectivity index (χ0) is 14.8. The van der Waals surface area contributed by atoms with Crippen LogP contribution in [0.15, 0.2) is 27.6 Å². The normalized spacial score (nSPS) is 23.8. The Morgan fingerprint density at radius 2 is 2.05 bits per heavy atom. The van der Waals surface area contributed by atoms with Gasteiger partial charge in [0, 0.05) is 17.1 Å². The number of hydrogen-bond donors (Lipinski definition) is 2. The summed E-state index contributed by atoms with van der Waals surface area (Å²) in [5.41, 5.74) is 0.884. The Hall–Kier alpha value is -0.430. The van der Waals surface area contributed by atoms with Gasteiger partial charge in [0.05, 0.1) is 4.90 Å². The Balaban J connectivity index is 2.19. The SMILES string of the molecule is Cc1cc(S(=O)(=O)NC2CCCCC2CO)ccc1Br. The Morgan fingerprint density at radius 1 is 1.35 bits per heavy atom. The van der Waals surface area contributed by atoms with Crippen molar-refractivity contribution < 1.29 is 13.5 Å². The third kappa shape index (κ3) is 3.61. The molecule has 6 heteroatoms. The summed E-state index contributed by atoms with van der Waals surface area (Å²) in [6, 6.07) is 4.83. The summed E-state index contributed by atoms with van der Waals surface area (Å²) in [4.78, 5) is 0.278. The Labute approximate surface area is 128 Å². The van der Waals surface area contributed by atoms with E-state index in [1.807, 2.05) is 6.92 Å². The number of aryl methyl sites for hydroxylation is 1. The summed E-state index contributed by atoms with van der Waals surface area (Å²) in [5.74, 6) is 0.0232. The molecule has 0 spiro atoms. The van der Waals surface area contributed by atoms with Gasteiger partial charge in [-0.1, -0.05) is 28.8 Å². The van der Waals surface area contributed by atoms with Crippen molar-refractivity contribution in [1.82, 2.24) is 4.72 Å². The molecule has 0 aliphatic heterocycles. The highest BCUT2D eigenvalue weighted by atomic mass is 79.9. The van der Waals surface area contributed by atoms with E-state index in [4.69, 9.17) is 0 Å². The van der Waals surface area contributed by atoms with Crippen LogP contribution in [0.25, 0.3) is 0 Å². The highest BCUT2D eigenvalue weighted by Gasteiger charge is 2.29. The van der Waals surface area contributed by atoms with Crippen molar-refractivity contribution in [1.29, 1.82) is 0 Å². The van der Waals surface area contributed by atoms with E-state index in [1.165, 1.54) is 0 Å². The number of aliphatic hydroxyl groups excluding tert-OH is 1. The van der Waals surface area contributed by atoms with Crippen molar-refractivity contribution in [2.24, 2.45) is 5.92 Å². The van der Waals surface area contributed by atoms with E-state index in [1.54, 1.807) is 18.2 Å². The molecule has 1 aromatic carbocycles. The van der Waals surface area contributed by atoms with Crippen LogP contribution in [0.5, 0.6) is 0 Å². The molecule has 1 aromatic rings. The van der Waals surface area contributed by atoms with Gasteiger partial charge in [0.1, 0.15) is 0 Å². The molecule has 1 aliphatic rings. The highest BCUT2D eigenvalue weighted by Crippen LogP contribution is 2.26. The topological polar surface area (TPSA) is 66.4 Å². The van der Waals surface area contributed by atoms with E-state index < -0.39 is 10.0 Å². The fourth-order valence-electron chi connectivity index (χ4n) is 2.63.